The highest BCUT2D eigenvalue weighted by molar-refractivity contribution is 7.86. The van der Waals surface area contributed by atoms with Crippen LogP contribution < -0.4 is 5.32 Å². The Bertz CT molecular complexity index is 741. The minimum atomic E-state index is -4.51. The molecule has 0 saturated carbocycles. The van der Waals surface area contributed by atoms with Gasteiger partial charge >= 0.3 is 0 Å². The predicted octanol–water partition coefficient (Wildman–Crippen LogP) is 3.39. The molecule has 0 amide bonds. The number of rotatable bonds is 6. The zero-order valence-corrected chi connectivity index (χ0v) is 12.7. The Balaban J connectivity index is 2.51. The average molecular weight is 309 g/mol. The standard InChI is InChI=1S/C15H19NO4S/c1-2-3-6-9-16-13-10-11-7-4-5-8-12(11)14(17)15(13)21(18,19)20/h4-5,7-8,10,16-17H,2-3,6,9H2,1H3,(H,18,19,20). The van der Waals surface area contributed by atoms with Crippen LogP contribution in [-0.2, 0) is 10.1 Å². The van der Waals surface area contributed by atoms with Crippen LogP contribution in [0, 0.1) is 0 Å². The van der Waals surface area contributed by atoms with Crippen molar-refractivity contribution in [1.29, 1.82) is 0 Å². The van der Waals surface area contributed by atoms with Gasteiger partial charge in [-0.05, 0) is 17.9 Å². The lowest BCUT2D eigenvalue weighted by Gasteiger charge is -2.14. The third-order valence-corrected chi connectivity index (χ3v) is 4.26. The first kappa shape index (κ1) is 15.6. The summed E-state index contributed by atoms with van der Waals surface area (Å²) in [6, 6.07) is 8.52. The van der Waals surface area contributed by atoms with Crippen LogP contribution in [0.5, 0.6) is 5.75 Å². The molecule has 0 heterocycles. The number of fused-ring (bicyclic) bond motifs is 1. The molecule has 0 aromatic heterocycles. The molecule has 0 saturated heterocycles. The first-order chi connectivity index (χ1) is 9.95. The molecule has 21 heavy (non-hydrogen) atoms. The van der Waals surface area contributed by atoms with Crippen molar-refractivity contribution in [3.8, 4) is 5.75 Å². The molecule has 0 bridgehead atoms. The molecule has 0 unspecified atom stereocenters. The van der Waals surface area contributed by atoms with E-state index in [0.717, 1.165) is 19.3 Å². The van der Waals surface area contributed by atoms with Gasteiger partial charge in [-0.25, -0.2) is 0 Å². The maximum absolute atomic E-state index is 11.6. The number of aromatic hydroxyl groups is 1. The molecule has 0 radical (unpaired) electrons. The predicted molar refractivity (Wildman–Crippen MR) is 83.4 cm³/mol. The van der Waals surface area contributed by atoms with Crippen molar-refractivity contribution in [1.82, 2.24) is 0 Å². The number of benzene rings is 2. The van der Waals surface area contributed by atoms with Gasteiger partial charge in [-0.2, -0.15) is 8.42 Å². The number of hydrogen-bond acceptors (Lipinski definition) is 4. The summed E-state index contributed by atoms with van der Waals surface area (Å²) in [5.41, 5.74) is 0.227. The Hall–Kier alpha value is -1.79. The minimum Gasteiger partial charge on any atom is -0.506 e. The second-order valence-corrected chi connectivity index (χ2v) is 6.29. The summed E-state index contributed by atoms with van der Waals surface area (Å²) >= 11 is 0. The Labute approximate surface area is 124 Å². The molecule has 5 nitrogen and oxygen atoms in total. The van der Waals surface area contributed by atoms with Crippen molar-refractivity contribution in [3.05, 3.63) is 30.3 Å². The molecular weight excluding hydrogens is 290 g/mol. The van der Waals surface area contributed by atoms with Crippen LogP contribution in [0.4, 0.5) is 5.69 Å². The summed E-state index contributed by atoms with van der Waals surface area (Å²) in [6.07, 6.45) is 2.96. The van der Waals surface area contributed by atoms with Crippen LogP contribution in [0.3, 0.4) is 0 Å². The van der Waals surface area contributed by atoms with Crippen molar-refractivity contribution in [2.45, 2.75) is 31.1 Å². The molecule has 2 rings (SSSR count). The van der Waals surface area contributed by atoms with E-state index in [0.29, 0.717) is 17.3 Å². The lowest BCUT2D eigenvalue weighted by atomic mass is 10.1. The second kappa shape index (κ2) is 6.32. The van der Waals surface area contributed by atoms with E-state index in [-0.39, 0.29) is 5.69 Å². The largest absolute Gasteiger partial charge is 0.506 e. The van der Waals surface area contributed by atoms with Gasteiger partial charge in [-0.3, -0.25) is 4.55 Å². The SMILES string of the molecule is CCCCCNc1cc2ccccc2c(O)c1S(=O)(=O)O. The second-order valence-electron chi connectivity index (χ2n) is 4.93. The van der Waals surface area contributed by atoms with Crippen LogP contribution >= 0.6 is 0 Å². The van der Waals surface area contributed by atoms with Gasteiger partial charge < -0.3 is 10.4 Å². The molecule has 0 aliphatic carbocycles. The van der Waals surface area contributed by atoms with Gasteiger partial charge in [0.1, 0.15) is 5.75 Å². The Morgan fingerprint density at radius 1 is 1.19 bits per heavy atom. The molecule has 6 heteroatoms. The molecule has 0 fully saturated rings. The summed E-state index contributed by atoms with van der Waals surface area (Å²) in [6.45, 7) is 2.65. The Morgan fingerprint density at radius 3 is 2.57 bits per heavy atom. The van der Waals surface area contributed by atoms with Gasteiger partial charge in [0, 0.05) is 11.9 Å². The van der Waals surface area contributed by atoms with Crippen molar-refractivity contribution in [2.24, 2.45) is 0 Å². The molecule has 0 spiro atoms. The van der Waals surface area contributed by atoms with Crippen molar-refractivity contribution in [2.75, 3.05) is 11.9 Å². The van der Waals surface area contributed by atoms with Crippen LogP contribution in [0.1, 0.15) is 26.2 Å². The number of hydrogen-bond donors (Lipinski definition) is 3. The van der Waals surface area contributed by atoms with E-state index in [9.17, 15) is 18.1 Å². The number of nitrogens with one attached hydrogen (secondary N) is 1. The first-order valence-electron chi connectivity index (χ1n) is 6.91. The normalized spacial score (nSPS) is 11.7. The van der Waals surface area contributed by atoms with E-state index >= 15 is 0 Å². The third-order valence-electron chi connectivity index (χ3n) is 3.33. The fourth-order valence-electron chi connectivity index (χ4n) is 2.30. The van der Waals surface area contributed by atoms with Gasteiger partial charge in [-0.15, -0.1) is 0 Å². The van der Waals surface area contributed by atoms with Crippen molar-refractivity contribution < 1.29 is 18.1 Å². The highest BCUT2D eigenvalue weighted by atomic mass is 32.2. The molecule has 114 valence electrons. The van der Waals surface area contributed by atoms with Gasteiger partial charge in [0.15, 0.2) is 4.90 Å². The van der Waals surface area contributed by atoms with Gasteiger partial charge in [0.25, 0.3) is 10.1 Å². The van der Waals surface area contributed by atoms with Crippen molar-refractivity contribution in [3.63, 3.8) is 0 Å². The van der Waals surface area contributed by atoms with E-state index in [2.05, 4.69) is 12.2 Å². The monoisotopic (exact) mass is 309 g/mol. The highest BCUT2D eigenvalue weighted by Crippen LogP contribution is 2.37. The molecule has 2 aromatic rings. The summed E-state index contributed by atoms with van der Waals surface area (Å²) in [7, 11) is -4.51. The average Bonchev–Trinajstić information content (AvgIpc) is 2.42. The third kappa shape index (κ3) is 3.46. The first-order valence-corrected chi connectivity index (χ1v) is 8.35. The lowest BCUT2D eigenvalue weighted by Crippen LogP contribution is -2.08. The molecule has 2 aromatic carbocycles. The van der Waals surface area contributed by atoms with Crippen molar-refractivity contribution >= 4 is 26.6 Å². The summed E-state index contributed by atoms with van der Waals surface area (Å²) in [4.78, 5) is -0.460. The Kier molecular flexibility index (Phi) is 4.69. The van der Waals surface area contributed by atoms with E-state index in [4.69, 9.17) is 0 Å². The zero-order valence-electron chi connectivity index (χ0n) is 11.8. The Morgan fingerprint density at radius 2 is 1.90 bits per heavy atom. The molecule has 3 N–H and O–H groups in total. The summed E-state index contributed by atoms with van der Waals surface area (Å²) in [5.74, 6) is -0.423. The fraction of sp³-hybridized carbons (Fsp3) is 0.333. The quantitative estimate of drug-likeness (QED) is 0.562. The van der Waals surface area contributed by atoms with Gasteiger partial charge in [0.05, 0.1) is 5.69 Å². The lowest BCUT2D eigenvalue weighted by molar-refractivity contribution is 0.449. The number of phenols is 1. The maximum atomic E-state index is 11.6. The molecular formula is C15H19NO4S. The number of anilines is 1. The van der Waals surface area contributed by atoms with E-state index in [1.165, 1.54) is 0 Å². The molecule has 0 aliphatic rings. The van der Waals surface area contributed by atoms with Crippen LogP contribution in [0.25, 0.3) is 10.8 Å². The van der Waals surface area contributed by atoms with Crippen LogP contribution in [0.2, 0.25) is 0 Å². The minimum absolute atomic E-state index is 0.227. The van der Waals surface area contributed by atoms with E-state index in [1.54, 1.807) is 30.3 Å². The van der Waals surface area contributed by atoms with E-state index < -0.39 is 20.8 Å². The molecule has 0 atom stereocenters. The molecule has 0 aliphatic heterocycles. The van der Waals surface area contributed by atoms with Crippen LogP contribution in [0.15, 0.2) is 35.2 Å². The smallest absolute Gasteiger partial charge is 0.300 e. The van der Waals surface area contributed by atoms with E-state index in [1.807, 2.05) is 0 Å². The summed E-state index contributed by atoms with van der Waals surface area (Å²) in [5, 5.41) is 14.3. The van der Waals surface area contributed by atoms with Gasteiger partial charge in [0.2, 0.25) is 0 Å². The van der Waals surface area contributed by atoms with Crippen LogP contribution in [-0.4, -0.2) is 24.6 Å². The topological polar surface area (TPSA) is 86.6 Å². The number of unbranched alkanes of at least 4 members (excludes halogenated alkanes) is 2. The van der Waals surface area contributed by atoms with Gasteiger partial charge in [-0.1, -0.05) is 44.0 Å². The maximum Gasteiger partial charge on any atom is 0.300 e. The zero-order chi connectivity index (χ0) is 15.5. The highest BCUT2D eigenvalue weighted by Gasteiger charge is 2.23. The number of phenolic OH excluding ortho intramolecular Hbond substituents is 1. The summed E-state index contributed by atoms with van der Waals surface area (Å²) < 4.78 is 32.5. The fourth-order valence-corrected chi connectivity index (χ4v) is 3.06.